The molecule has 1 fully saturated rings. The topological polar surface area (TPSA) is 71.1 Å². The molecule has 2 N–H and O–H groups in total. The quantitative estimate of drug-likeness (QED) is 0.763. The number of anilines is 2. The number of hydrogen-bond donors (Lipinski definition) is 2. The molecule has 0 aliphatic heterocycles. The molecule has 1 heterocycles. The molecule has 0 atom stereocenters. The first-order valence-corrected chi connectivity index (χ1v) is 8.73. The van der Waals surface area contributed by atoms with Crippen LogP contribution in [0.1, 0.15) is 38.2 Å². The van der Waals surface area contributed by atoms with Gasteiger partial charge in [0.25, 0.3) is 0 Å². The second kappa shape index (κ2) is 7.03. The monoisotopic (exact) mass is 375 g/mol. The van der Waals surface area contributed by atoms with E-state index in [2.05, 4.69) is 15.6 Å². The third kappa shape index (κ3) is 3.70. The fourth-order valence-electron chi connectivity index (χ4n) is 2.64. The van der Waals surface area contributed by atoms with Crippen LogP contribution in [0.2, 0.25) is 5.02 Å². The van der Waals surface area contributed by atoms with E-state index < -0.39 is 23.0 Å². The van der Waals surface area contributed by atoms with Crippen molar-refractivity contribution >= 4 is 34.9 Å². The van der Waals surface area contributed by atoms with Crippen LogP contribution in [0.3, 0.4) is 0 Å². The number of halogens is 2. The Morgan fingerprint density at radius 1 is 1.15 bits per heavy atom. The van der Waals surface area contributed by atoms with E-state index in [-0.39, 0.29) is 5.92 Å². The summed E-state index contributed by atoms with van der Waals surface area (Å²) in [5, 5.41) is 5.85. The van der Waals surface area contributed by atoms with Gasteiger partial charge >= 0.3 is 0 Å². The number of amides is 2. The van der Waals surface area contributed by atoms with Crippen molar-refractivity contribution in [1.29, 1.82) is 0 Å². The molecule has 1 aromatic heterocycles. The van der Waals surface area contributed by atoms with E-state index in [0.29, 0.717) is 29.4 Å². The lowest BCUT2D eigenvalue weighted by molar-refractivity contribution is -0.131. The van der Waals surface area contributed by atoms with Crippen molar-refractivity contribution in [3.8, 4) is 0 Å². The zero-order valence-corrected chi connectivity index (χ0v) is 15.2. The zero-order valence-electron chi connectivity index (χ0n) is 14.5. The van der Waals surface area contributed by atoms with E-state index in [0.717, 1.165) is 5.56 Å². The number of nitrogens with zero attached hydrogens (tertiary/aromatic N) is 1. The highest BCUT2D eigenvalue weighted by molar-refractivity contribution is 6.31. The Hall–Kier alpha value is -2.47. The van der Waals surface area contributed by atoms with Crippen molar-refractivity contribution < 1.29 is 14.0 Å². The minimum atomic E-state index is -1.13. The van der Waals surface area contributed by atoms with Crippen molar-refractivity contribution in [3.05, 3.63) is 52.9 Å². The first-order valence-electron chi connectivity index (χ1n) is 8.36. The van der Waals surface area contributed by atoms with Gasteiger partial charge in [0.15, 0.2) is 0 Å². The number of carbonyl (C=O) groups is 2. The Bertz CT molecular complexity index is 848. The lowest BCUT2D eigenvalue weighted by Gasteiger charge is -2.16. The van der Waals surface area contributed by atoms with Gasteiger partial charge in [-0.3, -0.25) is 9.59 Å². The summed E-state index contributed by atoms with van der Waals surface area (Å²) in [5.74, 6) is -0.694. The van der Waals surface area contributed by atoms with Crippen molar-refractivity contribution in [3.63, 3.8) is 0 Å². The molecule has 2 aromatic rings. The third-order valence-electron chi connectivity index (χ3n) is 4.47. The predicted octanol–water partition coefficient (Wildman–Crippen LogP) is 4.35. The Labute approximate surface area is 156 Å². The molecule has 1 aliphatic carbocycles. The number of aromatic nitrogens is 1. The molecule has 2 amide bonds. The van der Waals surface area contributed by atoms with Gasteiger partial charge < -0.3 is 10.6 Å². The first kappa shape index (κ1) is 18.3. The molecule has 0 spiro atoms. The Balaban J connectivity index is 1.69. The summed E-state index contributed by atoms with van der Waals surface area (Å²) in [6.07, 6.45) is 2.52. The molecular formula is C19H19ClFN3O2. The third-order valence-corrected chi connectivity index (χ3v) is 4.79. The number of pyridine rings is 1. The van der Waals surface area contributed by atoms with Crippen LogP contribution in [0, 0.1) is 11.2 Å². The largest absolute Gasteiger partial charge is 0.325 e. The van der Waals surface area contributed by atoms with Crippen molar-refractivity contribution in [1.82, 2.24) is 4.98 Å². The van der Waals surface area contributed by atoms with Gasteiger partial charge in [-0.15, -0.1) is 0 Å². The van der Waals surface area contributed by atoms with E-state index in [1.54, 1.807) is 12.3 Å². The number of carbonyl (C=O) groups excluding carboxylic acids is 2. The lowest BCUT2D eigenvalue weighted by Crippen LogP contribution is -2.35. The molecule has 7 heteroatoms. The molecule has 0 unspecified atom stereocenters. The fraction of sp³-hybridized carbons (Fsp3) is 0.316. The number of rotatable bonds is 5. The molecule has 3 rings (SSSR count). The second-order valence-electron chi connectivity index (χ2n) is 6.74. The second-order valence-corrected chi connectivity index (χ2v) is 7.15. The maximum absolute atomic E-state index is 13.0. The predicted molar refractivity (Wildman–Crippen MR) is 98.7 cm³/mol. The summed E-state index contributed by atoms with van der Waals surface area (Å²) in [6.45, 7) is 4.00. The average molecular weight is 376 g/mol. The molecule has 1 aliphatic rings. The van der Waals surface area contributed by atoms with Crippen LogP contribution >= 0.6 is 11.6 Å². The molecule has 0 saturated heterocycles. The normalized spacial score (nSPS) is 14.8. The molecule has 0 bridgehead atoms. The molecule has 136 valence electrons. The van der Waals surface area contributed by atoms with Gasteiger partial charge in [0.1, 0.15) is 17.1 Å². The van der Waals surface area contributed by atoms with Gasteiger partial charge in [-0.1, -0.05) is 25.4 Å². The Kier molecular flexibility index (Phi) is 4.96. The first-order chi connectivity index (χ1) is 12.3. The van der Waals surface area contributed by atoms with Crippen LogP contribution in [-0.2, 0) is 9.59 Å². The van der Waals surface area contributed by atoms with Crippen LogP contribution < -0.4 is 10.6 Å². The van der Waals surface area contributed by atoms with Crippen molar-refractivity contribution in [2.45, 2.75) is 32.6 Å². The van der Waals surface area contributed by atoms with Crippen LogP contribution in [0.15, 0.2) is 36.5 Å². The lowest BCUT2D eigenvalue weighted by atomic mass is 10.0. The maximum Gasteiger partial charge on any atom is 0.241 e. The van der Waals surface area contributed by atoms with E-state index >= 15 is 0 Å². The molecule has 0 radical (unpaired) electrons. The van der Waals surface area contributed by atoms with Crippen molar-refractivity contribution in [2.75, 3.05) is 10.6 Å². The summed E-state index contributed by atoms with van der Waals surface area (Å²) < 4.78 is 13.0. The Morgan fingerprint density at radius 2 is 1.77 bits per heavy atom. The SMILES string of the molecule is CC(C)c1cnc(NC(=O)C2(C(=O)Nc3ccc(F)cc3)CC2)cc1Cl. The smallest absolute Gasteiger partial charge is 0.241 e. The average Bonchev–Trinajstić information content (AvgIpc) is 3.38. The van der Waals surface area contributed by atoms with E-state index in [9.17, 15) is 14.0 Å². The zero-order chi connectivity index (χ0) is 18.9. The van der Waals surface area contributed by atoms with Crippen LogP contribution in [-0.4, -0.2) is 16.8 Å². The Morgan fingerprint density at radius 3 is 2.31 bits per heavy atom. The van der Waals surface area contributed by atoms with Gasteiger partial charge in [-0.05, 0) is 54.7 Å². The summed E-state index contributed by atoms with van der Waals surface area (Å²) >= 11 is 6.22. The molecule has 26 heavy (non-hydrogen) atoms. The maximum atomic E-state index is 13.0. The van der Waals surface area contributed by atoms with Crippen LogP contribution in [0.25, 0.3) is 0 Å². The highest BCUT2D eigenvalue weighted by atomic mass is 35.5. The van der Waals surface area contributed by atoms with Crippen molar-refractivity contribution in [2.24, 2.45) is 5.41 Å². The molecular weight excluding hydrogens is 357 g/mol. The molecule has 1 aromatic carbocycles. The van der Waals surface area contributed by atoms with Crippen LogP contribution in [0.5, 0.6) is 0 Å². The van der Waals surface area contributed by atoms with E-state index in [1.165, 1.54) is 24.3 Å². The van der Waals surface area contributed by atoms with Gasteiger partial charge in [0, 0.05) is 16.9 Å². The summed E-state index contributed by atoms with van der Waals surface area (Å²) in [6, 6.07) is 6.98. The minimum absolute atomic E-state index is 0.219. The minimum Gasteiger partial charge on any atom is -0.325 e. The highest BCUT2D eigenvalue weighted by Gasteiger charge is 2.56. The molecule has 5 nitrogen and oxygen atoms in total. The fourth-order valence-corrected chi connectivity index (χ4v) is 3.01. The van der Waals surface area contributed by atoms with E-state index in [1.807, 2.05) is 13.8 Å². The number of hydrogen-bond acceptors (Lipinski definition) is 3. The van der Waals surface area contributed by atoms with Crippen LogP contribution in [0.4, 0.5) is 15.9 Å². The summed E-state index contributed by atoms with van der Waals surface area (Å²) in [5.41, 5.74) is 0.206. The standard InChI is InChI=1S/C19H19ClFN3O2/c1-11(2)14-10-22-16(9-15(14)20)24-18(26)19(7-8-19)17(25)23-13-5-3-12(21)4-6-13/h3-6,9-11H,7-8H2,1-2H3,(H,23,25)(H,22,24,26). The number of benzene rings is 1. The summed E-state index contributed by atoms with van der Waals surface area (Å²) in [7, 11) is 0. The van der Waals surface area contributed by atoms with E-state index in [4.69, 9.17) is 11.6 Å². The van der Waals surface area contributed by atoms with Gasteiger partial charge in [0.05, 0.1) is 0 Å². The summed E-state index contributed by atoms with van der Waals surface area (Å²) in [4.78, 5) is 29.3. The number of nitrogens with one attached hydrogen (secondary N) is 2. The van der Waals surface area contributed by atoms with Gasteiger partial charge in [-0.2, -0.15) is 0 Å². The highest BCUT2D eigenvalue weighted by Crippen LogP contribution is 2.47. The molecule has 1 saturated carbocycles. The van der Waals surface area contributed by atoms with Gasteiger partial charge in [-0.25, -0.2) is 9.37 Å². The van der Waals surface area contributed by atoms with Gasteiger partial charge in [0.2, 0.25) is 11.8 Å².